The number of fused-ring (bicyclic) bond motifs is 6. The van der Waals surface area contributed by atoms with Crippen LogP contribution < -0.4 is 0 Å². The SMILES string of the molecule is CC.CC.[C-]#[N+]c1nc2c(nc1C#N)C1c3ccccc3C2c2ccccc21.[C-]#[N+]c1nc2c3ccccc3c3ccccc3c2nc1C#N. The molecule has 0 saturated heterocycles. The third-order valence-electron chi connectivity index (χ3n) is 8.67. The summed E-state index contributed by atoms with van der Waals surface area (Å²) in [4.78, 5) is 24.6. The Kier molecular flexibility index (Phi) is 9.22. The van der Waals surface area contributed by atoms with Crippen molar-refractivity contribution < 1.29 is 0 Å². The Hall–Kier alpha value is -7.00. The van der Waals surface area contributed by atoms with Crippen molar-refractivity contribution in [2.24, 2.45) is 0 Å². The maximum atomic E-state index is 9.32. The topological polar surface area (TPSA) is 108 Å². The quantitative estimate of drug-likeness (QED) is 0.120. The van der Waals surface area contributed by atoms with Crippen molar-refractivity contribution in [3.63, 3.8) is 0 Å². The van der Waals surface area contributed by atoms with Crippen molar-refractivity contribution in [3.05, 3.63) is 165 Å². The van der Waals surface area contributed by atoms with Gasteiger partial charge in [0.25, 0.3) is 0 Å². The minimum absolute atomic E-state index is 0.0156. The third-order valence-corrected chi connectivity index (χ3v) is 8.67. The second-order valence-corrected chi connectivity index (χ2v) is 10.9. The van der Waals surface area contributed by atoms with Crippen LogP contribution in [0.3, 0.4) is 0 Å². The van der Waals surface area contributed by atoms with Gasteiger partial charge in [0.2, 0.25) is 0 Å². The van der Waals surface area contributed by atoms with Gasteiger partial charge in [-0.2, -0.15) is 10.5 Å². The van der Waals surface area contributed by atoms with Crippen LogP contribution in [0.1, 0.15) is 84.6 Å². The largest absolute Gasteiger partial charge is 0.358 e. The molecular weight excluding hydrogens is 617 g/mol. The van der Waals surface area contributed by atoms with Crippen LogP contribution in [0, 0.1) is 35.8 Å². The normalized spacial score (nSPS) is 13.9. The average Bonchev–Trinajstić information content (AvgIpc) is 3.21. The van der Waals surface area contributed by atoms with Crippen LogP contribution >= 0.6 is 0 Å². The molecule has 0 spiro atoms. The van der Waals surface area contributed by atoms with Crippen LogP contribution in [0.2, 0.25) is 0 Å². The number of hydrogen-bond donors (Lipinski definition) is 0. The molecule has 0 N–H and O–H groups in total. The Morgan fingerprint density at radius 1 is 0.480 bits per heavy atom. The molecule has 0 amide bonds. The maximum absolute atomic E-state index is 9.32. The highest BCUT2D eigenvalue weighted by atomic mass is 15.0. The first-order chi connectivity index (χ1) is 24.7. The first kappa shape index (κ1) is 32.9. The number of nitriles is 2. The molecule has 0 fully saturated rings. The molecule has 0 unspecified atom stereocenters. The van der Waals surface area contributed by atoms with Crippen LogP contribution in [0.15, 0.2) is 97.1 Å². The zero-order chi connectivity index (χ0) is 35.4. The molecular formula is C42H30N8. The molecule has 0 aliphatic heterocycles. The Balaban J connectivity index is 0.000000158. The first-order valence-corrected chi connectivity index (χ1v) is 16.4. The van der Waals surface area contributed by atoms with Crippen LogP contribution in [-0.4, -0.2) is 19.9 Å². The van der Waals surface area contributed by atoms with Gasteiger partial charge in [-0.15, -0.1) is 9.97 Å². The van der Waals surface area contributed by atoms with Crippen molar-refractivity contribution in [2.75, 3.05) is 0 Å². The lowest BCUT2D eigenvalue weighted by Crippen LogP contribution is -2.29. The molecule has 7 aromatic rings. The lowest BCUT2D eigenvalue weighted by Gasteiger charge is -2.38. The van der Waals surface area contributed by atoms with Crippen LogP contribution in [0.4, 0.5) is 11.6 Å². The Labute approximate surface area is 290 Å². The van der Waals surface area contributed by atoms with E-state index in [1.807, 2.05) is 113 Å². The summed E-state index contributed by atoms with van der Waals surface area (Å²) < 4.78 is 0. The van der Waals surface area contributed by atoms with E-state index < -0.39 is 0 Å². The summed E-state index contributed by atoms with van der Waals surface area (Å²) >= 11 is 0. The maximum Gasteiger partial charge on any atom is 0.307 e. The molecule has 3 aliphatic rings. The van der Waals surface area contributed by atoms with E-state index in [1.54, 1.807) is 0 Å². The van der Waals surface area contributed by atoms with Crippen molar-refractivity contribution in [1.82, 2.24) is 19.9 Å². The summed E-state index contributed by atoms with van der Waals surface area (Å²) in [6, 6.07) is 36.5. The van der Waals surface area contributed by atoms with E-state index in [-0.39, 0.29) is 34.9 Å². The van der Waals surface area contributed by atoms with Gasteiger partial charge in [0, 0.05) is 10.8 Å². The first-order valence-electron chi connectivity index (χ1n) is 16.4. The van der Waals surface area contributed by atoms with E-state index in [1.165, 1.54) is 22.3 Å². The van der Waals surface area contributed by atoms with Crippen LogP contribution in [-0.2, 0) is 0 Å². The molecule has 2 heterocycles. The molecule has 8 nitrogen and oxygen atoms in total. The van der Waals surface area contributed by atoms with Crippen molar-refractivity contribution >= 4 is 44.2 Å². The van der Waals surface area contributed by atoms with Gasteiger partial charge < -0.3 is 9.69 Å². The van der Waals surface area contributed by atoms with Crippen molar-refractivity contribution in [3.8, 4) is 12.1 Å². The summed E-state index contributed by atoms with van der Waals surface area (Å²) in [6.45, 7) is 22.5. The molecule has 8 heteroatoms. The van der Waals surface area contributed by atoms with Gasteiger partial charge in [0.1, 0.15) is 17.7 Å². The van der Waals surface area contributed by atoms with E-state index in [9.17, 15) is 10.5 Å². The molecule has 50 heavy (non-hydrogen) atoms. The molecule has 5 aromatic carbocycles. The Morgan fingerprint density at radius 3 is 1.24 bits per heavy atom. The number of nitrogens with zero attached hydrogens (tertiary/aromatic N) is 8. The fourth-order valence-corrected chi connectivity index (χ4v) is 6.83. The van der Waals surface area contributed by atoms with E-state index in [2.05, 4.69) is 53.9 Å². The fraction of sp³-hybridized carbons (Fsp3) is 0.143. The predicted octanol–water partition coefficient (Wildman–Crippen LogP) is 10.3. The lowest BCUT2D eigenvalue weighted by molar-refractivity contribution is 0.701. The van der Waals surface area contributed by atoms with Gasteiger partial charge in [-0.05, 0) is 39.1 Å². The summed E-state index contributed by atoms with van der Waals surface area (Å²) in [7, 11) is 0. The van der Waals surface area contributed by atoms with Crippen molar-refractivity contribution in [1.29, 1.82) is 10.5 Å². The molecule has 238 valence electrons. The summed E-state index contributed by atoms with van der Waals surface area (Å²) in [5.41, 5.74) is 8.06. The van der Waals surface area contributed by atoms with E-state index in [4.69, 9.17) is 13.1 Å². The van der Waals surface area contributed by atoms with Gasteiger partial charge in [-0.3, -0.25) is 0 Å². The van der Waals surface area contributed by atoms with Gasteiger partial charge >= 0.3 is 11.6 Å². The lowest BCUT2D eigenvalue weighted by atomic mass is 9.64. The summed E-state index contributed by atoms with van der Waals surface area (Å²) in [6.07, 6.45) is 0. The summed E-state index contributed by atoms with van der Waals surface area (Å²) in [5, 5.41) is 22.5. The van der Waals surface area contributed by atoms with Crippen LogP contribution in [0.25, 0.3) is 42.3 Å². The highest BCUT2D eigenvalue weighted by Gasteiger charge is 2.45. The smallest absolute Gasteiger partial charge is 0.307 e. The van der Waals surface area contributed by atoms with Gasteiger partial charge in [0.05, 0.1) is 17.5 Å². The molecule has 10 rings (SSSR count). The van der Waals surface area contributed by atoms with E-state index in [0.29, 0.717) is 11.0 Å². The molecule has 0 atom stereocenters. The number of aromatic nitrogens is 4. The fourth-order valence-electron chi connectivity index (χ4n) is 6.83. The number of hydrogen-bond acceptors (Lipinski definition) is 6. The molecule has 0 saturated carbocycles. The zero-order valence-corrected chi connectivity index (χ0v) is 28.0. The van der Waals surface area contributed by atoms with Crippen LogP contribution in [0.5, 0.6) is 0 Å². The number of benzene rings is 5. The zero-order valence-electron chi connectivity index (χ0n) is 28.0. The van der Waals surface area contributed by atoms with Gasteiger partial charge in [-0.1, -0.05) is 132 Å². The molecule has 2 aromatic heterocycles. The standard InChI is InChI=1S/C20H10N4.C18H8N4.2C2H6/c1-22-20-15(10-21)23-18-16-11-6-2-4-8-13(11)17(19(18)24-20)14-9-5-3-7-12(14)16;1-20-18-15(10-19)21-16-13-8-4-2-6-11(13)12-7-3-5-9-14(12)17(16)22-18;2*1-2/h2-9,16-17H;2-9H;2*1-2H3. The van der Waals surface area contributed by atoms with Crippen molar-refractivity contribution in [2.45, 2.75) is 39.5 Å². The Morgan fingerprint density at radius 2 is 0.820 bits per heavy atom. The Bertz CT molecular complexity index is 2390. The predicted molar refractivity (Wildman–Crippen MR) is 196 cm³/mol. The highest BCUT2D eigenvalue weighted by Crippen LogP contribution is 2.54. The second kappa shape index (κ2) is 14.0. The highest BCUT2D eigenvalue weighted by molar-refractivity contribution is 6.23. The minimum Gasteiger partial charge on any atom is -0.358 e. The third kappa shape index (κ3) is 5.14. The van der Waals surface area contributed by atoms with E-state index in [0.717, 1.165) is 32.9 Å². The second-order valence-electron chi connectivity index (χ2n) is 10.9. The molecule has 3 aliphatic carbocycles. The van der Waals surface area contributed by atoms with Gasteiger partial charge in [0.15, 0.2) is 22.6 Å². The summed E-state index contributed by atoms with van der Waals surface area (Å²) in [5.74, 6) is 0.115. The molecule has 0 radical (unpaired) electrons. The molecule has 2 bridgehead atoms. The monoisotopic (exact) mass is 646 g/mol. The average molecular weight is 647 g/mol. The number of rotatable bonds is 0. The van der Waals surface area contributed by atoms with Gasteiger partial charge in [-0.25, -0.2) is 9.97 Å². The van der Waals surface area contributed by atoms with E-state index >= 15 is 0 Å². The minimum atomic E-state index is -0.0169.